The molecule has 0 amide bonds. The Hall–Kier alpha value is -0.660. The van der Waals surface area contributed by atoms with Crippen molar-refractivity contribution in [3.05, 3.63) is 28.8 Å². The van der Waals surface area contributed by atoms with Crippen molar-refractivity contribution in [3.8, 4) is 0 Å². The fourth-order valence-electron chi connectivity index (χ4n) is 2.22. The quantitative estimate of drug-likeness (QED) is 0.789. The Kier molecular flexibility index (Phi) is 5.62. The van der Waals surface area contributed by atoms with Crippen molar-refractivity contribution >= 4 is 21.6 Å². The molecule has 5 nitrogen and oxygen atoms in total. The summed E-state index contributed by atoms with van der Waals surface area (Å²) in [5, 5.41) is 3.56. The minimum atomic E-state index is -3.50. The molecule has 1 fully saturated rings. The van der Waals surface area contributed by atoms with Gasteiger partial charge in [0, 0.05) is 31.3 Å². The first-order valence-electron chi connectivity index (χ1n) is 6.94. The predicted molar refractivity (Wildman–Crippen MR) is 83.0 cm³/mol. The highest BCUT2D eigenvalue weighted by atomic mass is 35.5. The van der Waals surface area contributed by atoms with Gasteiger partial charge in [0.25, 0.3) is 0 Å². The zero-order valence-electron chi connectivity index (χ0n) is 12.3. The van der Waals surface area contributed by atoms with Gasteiger partial charge in [0.15, 0.2) is 0 Å². The van der Waals surface area contributed by atoms with Crippen molar-refractivity contribution < 1.29 is 13.2 Å². The molecule has 1 aliphatic carbocycles. The summed E-state index contributed by atoms with van der Waals surface area (Å²) < 4.78 is 32.2. The first-order chi connectivity index (χ1) is 10.0. The van der Waals surface area contributed by atoms with Gasteiger partial charge >= 0.3 is 0 Å². The van der Waals surface area contributed by atoms with Gasteiger partial charge < -0.3 is 10.1 Å². The van der Waals surface area contributed by atoms with Gasteiger partial charge in [-0.25, -0.2) is 8.42 Å². The van der Waals surface area contributed by atoms with Crippen LogP contribution < -0.4 is 5.32 Å². The van der Waals surface area contributed by atoms with Crippen LogP contribution in [-0.2, 0) is 21.3 Å². The lowest BCUT2D eigenvalue weighted by Gasteiger charge is -2.22. The maximum atomic E-state index is 12.8. The molecule has 1 aromatic carbocycles. The van der Waals surface area contributed by atoms with E-state index in [0.29, 0.717) is 29.6 Å². The number of hydrogen-bond acceptors (Lipinski definition) is 4. The van der Waals surface area contributed by atoms with E-state index in [1.807, 2.05) is 0 Å². The SMILES string of the molecule is CNCc1cc(S(=O)(=O)N(CCOC)C2CC2)ccc1Cl. The molecule has 0 bridgehead atoms. The smallest absolute Gasteiger partial charge is 0.243 e. The van der Waals surface area contributed by atoms with E-state index in [0.717, 1.165) is 18.4 Å². The average molecular weight is 333 g/mol. The minimum Gasteiger partial charge on any atom is -0.383 e. The van der Waals surface area contributed by atoms with Crippen LogP contribution in [-0.4, -0.2) is 46.1 Å². The Balaban J connectivity index is 2.30. The molecule has 1 aromatic rings. The maximum absolute atomic E-state index is 12.8. The summed E-state index contributed by atoms with van der Waals surface area (Å²) in [4.78, 5) is 0.292. The van der Waals surface area contributed by atoms with Gasteiger partial charge in [-0.2, -0.15) is 4.31 Å². The molecule has 0 aromatic heterocycles. The van der Waals surface area contributed by atoms with Gasteiger partial charge in [-0.05, 0) is 43.7 Å². The van der Waals surface area contributed by atoms with E-state index < -0.39 is 10.0 Å². The molecular formula is C14H21ClN2O3S. The first kappa shape index (κ1) is 16.7. The average Bonchev–Trinajstić information content (AvgIpc) is 3.26. The molecule has 0 spiro atoms. The molecule has 0 radical (unpaired) electrons. The fraction of sp³-hybridized carbons (Fsp3) is 0.571. The van der Waals surface area contributed by atoms with Crippen molar-refractivity contribution in [1.29, 1.82) is 0 Å². The third kappa shape index (κ3) is 3.96. The van der Waals surface area contributed by atoms with Crippen LogP contribution in [0, 0.1) is 0 Å². The van der Waals surface area contributed by atoms with Crippen molar-refractivity contribution in [3.63, 3.8) is 0 Å². The Labute approximate surface area is 131 Å². The molecule has 0 saturated heterocycles. The van der Waals surface area contributed by atoms with Gasteiger partial charge in [-0.15, -0.1) is 0 Å². The van der Waals surface area contributed by atoms with Crippen LogP contribution in [0.5, 0.6) is 0 Å². The number of benzene rings is 1. The highest BCUT2D eigenvalue weighted by molar-refractivity contribution is 7.89. The Morgan fingerprint density at radius 2 is 2.14 bits per heavy atom. The van der Waals surface area contributed by atoms with Gasteiger partial charge in [0.1, 0.15) is 0 Å². The molecule has 118 valence electrons. The van der Waals surface area contributed by atoms with E-state index in [1.165, 1.54) is 0 Å². The van der Waals surface area contributed by atoms with Gasteiger partial charge in [-0.3, -0.25) is 0 Å². The summed E-state index contributed by atoms with van der Waals surface area (Å²) in [5.41, 5.74) is 0.780. The summed E-state index contributed by atoms with van der Waals surface area (Å²) >= 11 is 6.09. The monoisotopic (exact) mass is 332 g/mol. The fourth-order valence-corrected chi connectivity index (χ4v) is 4.12. The third-order valence-electron chi connectivity index (χ3n) is 3.46. The van der Waals surface area contributed by atoms with E-state index in [2.05, 4.69) is 5.32 Å². The predicted octanol–water partition coefficient (Wildman–Crippen LogP) is 1.86. The van der Waals surface area contributed by atoms with Gasteiger partial charge in [-0.1, -0.05) is 11.6 Å². The van der Waals surface area contributed by atoms with Gasteiger partial charge in [0.2, 0.25) is 10.0 Å². The number of nitrogens with one attached hydrogen (secondary N) is 1. The Bertz CT molecular complexity index is 588. The van der Waals surface area contributed by atoms with Crippen LogP contribution in [0.15, 0.2) is 23.1 Å². The van der Waals surface area contributed by atoms with Crippen molar-refractivity contribution in [2.75, 3.05) is 27.3 Å². The second-order valence-corrected chi connectivity index (χ2v) is 7.42. The molecule has 2 rings (SSSR count). The molecule has 7 heteroatoms. The lowest BCUT2D eigenvalue weighted by Crippen LogP contribution is -2.35. The molecule has 1 N–H and O–H groups in total. The molecule has 0 unspecified atom stereocenters. The van der Waals surface area contributed by atoms with Crippen LogP contribution in [0.25, 0.3) is 0 Å². The highest BCUT2D eigenvalue weighted by Gasteiger charge is 2.37. The second-order valence-electron chi connectivity index (χ2n) is 5.12. The molecule has 0 atom stereocenters. The molecule has 21 heavy (non-hydrogen) atoms. The summed E-state index contributed by atoms with van der Waals surface area (Å²) in [5.74, 6) is 0. The van der Waals surface area contributed by atoms with Crippen molar-refractivity contribution in [2.45, 2.75) is 30.3 Å². The van der Waals surface area contributed by atoms with E-state index in [9.17, 15) is 8.42 Å². The zero-order chi connectivity index (χ0) is 15.5. The second kappa shape index (κ2) is 7.07. The van der Waals surface area contributed by atoms with E-state index >= 15 is 0 Å². The Morgan fingerprint density at radius 1 is 1.43 bits per heavy atom. The number of halogens is 1. The normalized spacial score (nSPS) is 15.6. The molecule has 0 heterocycles. The van der Waals surface area contributed by atoms with Crippen LogP contribution in [0.1, 0.15) is 18.4 Å². The van der Waals surface area contributed by atoms with Crippen molar-refractivity contribution in [1.82, 2.24) is 9.62 Å². The van der Waals surface area contributed by atoms with Crippen LogP contribution in [0.3, 0.4) is 0 Å². The topological polar surface area (TPSA) is 58.6 Å². The van der Waals surface area contributed by atoms with E-state index in [4.69, 9.17) is 16.3 Å². The molecule has 1 aliphatic rings. The van der Waals surface area contributed by atoms with Crippen LogP contribution in [0.4, 0.5) is 0 Å². The number of methoxy groups -OCH3 is 1. The number of nitrogens with zero attached hydrogens (tertiary/aromatic N) is 1. The van der Waals surface area contributed by atoms with E-state index in [1.54, 1.807) is 36.7 Å². The lowest BCUT2D eigenvalue weighted by molar-refractivity contribution is 0.177. The molecule has 1 saturated carbocycles. The van der Waals surface area contributed by atoms with Crippen LogP contribution in [0.2, 0.25) is 5.02 Å². The van der Waals surface area contributed by atoms with Crippen molar-refractivity contribution in [2.24, 2.45) is 0 Å². The van der Waals surface area contributed by atoms with Crippen LogP contribution >= 0.6 is 11.6 Å². The summed E-state index contributed by atoms with van der Waals surface area (Å²) in [6.07, 6.45) is 1.83. The lowest BCUT2D eigenvalue weighted by atomic mass is 10.2. The largest absolute Gasteiger partial charge is 0.383 e. The number of hydrogen-bond donors (Lipinski definition) is 1. The summed E-state index contributed by atoms with van der Waals surface area (Å²) in [6.45, 7) is 1.31. The van der Waals surface area contributed by atoms with Gasteiger partial charge in [0.05, 0.1) is 11.5 Å². The highest BCUT2D eigenvalue weighted by Crippen LogP contribution is 2.32. The standard InChI is InChI=1S/C14H21ClN2O3S/c1-16-10-11-9-13(5-6-14(11)15)21(18,19)17(7-8-20-2)12-3-4-12/h5-6,9,12,16H,3-4,7-8,10H2,1-2H3. The molecular weight excluding hydrogens is 312 g/mol. The zero-order valence-corrected chi connectivity index (χ0v) is 13.9. The number of sulfonamides is 1. The summed E-state index contributed by atoms with van der Waals surface area (Å²) in [7, 11) is -0.128. The maximum Gasteiger partial charge on any atom is 0.243 e. The third-order valence-corrected chi connectivity index (χ3v) is 5.78. The molecule has 0 aliphatic heterocycles. The number of rotatable bonds is 8. The number of ether oxygens (including phenoxy) is 1. The minimum absolute atomic E-state index is 0.105. The Morgan fingerprint density at radius 3 is 2.71 bits per heavy atom. The summed E-state index contributed by atoms with van der Waals surface area (Å²) in [6, 6.07) is 4.96. The van der Waals surface area contributed by atoms with E-state index in [-0.39, 0.29) is 6.04 Å². The first-order valence-corrected chi connectivity index (χ1v) is 8.76.